The lowest BCUT2D eigenvalue weighted by Crippen LogP contribution is -2.24. The summed E-state index contributed by atoms with van der Waals surface area (Å²) in [4.78, 5) is 29.3. The van der Waals surface area contributed by atoms with Gasteiger partial charge in [0.05, 0.1) is 33.0 Å². The van der Waals surface area contributed by atoms with Crippen LogP contribution in [0.3, 0.4) is 0 Å². The van der Waals surface area contributed by atoms with E-state index in [1.54, 1.807) is 18.2 Å². The fourth-order valence-corrected chi connectivity index (χ4v) is 2.89. The van der Waals surface area contributed by atoms with Gasteiger partial charge in [-0.1, -0.05) is 18.2 Å². The standard InChI is InChI=1S/C20H21N3O5/c1-26-15-11-14-17(19(28-3)18(15)27-2)21-12-23(20(14)25)10-9-16(24)22-13-7-5-4-6-8-13/h4-8,11-12H,9-10H2,1-3H3,(H,22,24). The van der Waals surface area contributed by atoms with Gasteiger partial charge in [0.2, 0.25) is 11.7 Å². The zero-order valence-corrected chi connectivity index (χ0v) is 15.9. The van der Waals surface area contributed by atoms with Crippen molar-refractivity contribution in [2.75, 3.05) is 26.6 Å². The number of hydrogen-bond acceptors (Lipinski definition) is 6. The van der Waals surface area contributed by atoms with Gasteiger partial charge >= 0.3 is 0 Å². The first-order valence-corrected chi connectivity index (χ1v) is 8.62. The van der Waals surface area contributed by atoms with E-state index >= 15 is 0 Å². The SMILES string of the molecule is COc1cc2c(=O)n(CCC(=O)Nc3ccccc3)cnc2c(OC)c1OC. The van der Waals surface area contributed by atoms with E-state index in [9.17, 15) is 9.59 Å². The number of hydrogen-bond donors (Lipinski definition) is 1. The van der Waals surface area contributed by atoms with Gasteiger partial charge in [0, 0.05) is 18.7 Å². The summed E-state index contributed by atoms with van der Waals surface area (Å²) in [5.74, 6) is 0.862. The third-order valence-corrected chi connectivity index (χ3v) is 4.26. The van der Waals surface area contributed by atoms with Gasteiger partial charge in [-0.15, -0.1) is 0 Å². The number of ether oxygens (including phenoxy) is 3. The van der Waals surface area contributed by atoms with Crippen LogP contribution >= 0.6 is 0 Å². The second-order valence-electron chi connectivity index (χ2n) is 5.95. The minimum absolute atomic E-state index is 0.131. The molecule has 0 spiro atoms. The number of nitrogens with zero attached hydrogens (tertiary/aromatic N) is 2. The molecular formula is C20H21N3O5. The summed E-state index contributed by atoms with van der Waals surface area (Å²) in [5.41, 5.74) is 0.782. The van der Waals surface area contributed by atoms with Crippen molar-refractivity contribution in [3.05, 3.63) is 53.1 Å². The van der Waals surface area contributed by atoms with Gasteiger partial charge in [-0.25, -0.2) is 4.98 Å². The molecule has 28 heavy (non-hydrogen) atoms. The van der Waals surface area contributed by atoms with Gasteiger partial charge in [-0.2, -0.15) is 0 Å². The highest BCUT2D eigenvalue weighted by atomic mass is 16.5. The molecule has 0 atom stereocenters. The maximum absolute atomic E-state index is 12.9. The first-order valence-electron chi connectivity index (χ1n) is 8.62. The molecule has 0 saturated carbocycles. The molecule has 0 aliphatic heterocycles. The normalized spacial score (nSPS) is 10.5. The summed E-state index contributed by atoms with van der Waals surface area (Å²) in [6.07, 6.45) is 1.53. The van der Waals surface area contributed by atoms with E-state index in [1.165, 1.54) is 32.2 Å². The molecule has 0 unspecified atom stereocenters. The molecule has 0 fully saturated rings. The molecule has 0 aliphatic rings. The second kappa shape index (κ2) is 8.43. The Morgan fingerprint density at radius 2 is 1.79 bits per heavy atom. The Morgan fingerprint density at radius 3 is 2.43 bits per heavy atom. The van der Waals surface area contributed by atoms with Crippen molar-refractivity contribution in [2.45, 2.75) is 13.0 Å². The molecule has 8 heteroatoms. The van der Waals surface area contributed by atoms with E-state index in [0.717, 1.165) is 0 Å². The maximum atomic E-state index is 12.9. The fourth-order valence-electron chi connectivity index (χ4n) is 2.89. The second-order valence-corrected chi connectivity index (χ2v) is 5.95. The summed E-state index contributed by atoms with van der Waals surface area (Å²) >= 11 is 0. The van der Waals surface area contributed by atoms with E-state index in [4.69, 9.17) is 14.2 Å². The van der Waals surface area contributed by atoms with Gasteiger partial charge < -0.3 is 19.5 Å². The molecule has 1 amide bonds. The number of carbonyl (C=O) groups excluding carboxylic acids is 1. The third-order valence-electron chi connectivity index (χ3n) is 4.26. The number of benzene rings is 2. The Labute approximate surface area is 161 Å². The van der Waals surface area contributed by atoms with Crippen molar-refractivity contribution >= 4 is 22.5 Å². The Kier molecular flexibility index (Phi) is 5.78. The largest absolute Gasteiger partial charge is 0.493 e. The van der Waals surface area contributed by atoms with Crippen molar-refractivity contribution in [1.29, 1.82) is 0 Å². The smallest absolute Gasteiger partial charge is 0.261 e. The lowest BCUT2D eigenvalue weighted by atomic mass is 10.2. The topological polar surface area (TPSA) is 91.7 Å². The molecule has 8 nitrogen and oxygen atoms in total. The van der Waals surface area contributed by atoms with E-state index in [2.05, 4.69) is 10.3 Å². The molecule has 1 aromatic heterocycles. The number of carbonyl (C=O) groups is 1. The molecular weight excluding hydrogens is 362 g/mol. The summed E-state index contributed by atoms with van der Waals surface area (Å²) in [5, 5.41) is 3.11. The molecule has 0 radical (unpaired) electrons. The summed E-state index contributed by atoms with van der Waals surface area (Å²) in [6, 6.07) is 10.7. The van der Waals surface area contributed by atoms with Gasteiger partial charge in [-0.3, -0.25) is 14.2 Å². The third kappa shape index (κ3) is 3.75. The molecule has 1 N–H and O–H groups in total. The molecule has 3 aromatic rings. The quantitative estimate of drug-likeness (QED) is 0.674. The molecule has 1 heterocycles. The molecule has 146 valence electrons. The molecule has 0 aliphatic carbocycles. The van der Waals surface area contributed by atoms with Crippen molar-refractivity contribution in [3.8, 4) is 17.2 Å². The predicted molar refractivity (Wildman–Crippen MR) is 105 cm³/mol. The van der Waals surface area contributed by atoms with Gasteiger partial charge in [0.15, 0.2) is 11.5 Å². The van der Waals surface area contributed by atoms with Gasteiger partial charge in [0.25, 0.3) is 5.56 Å². The van der Waals surface area contributed by atoms with Crippen molar-refractivity contribution in [3.63, 3.8) is 0 Å². The summed E-state index contributed by atoms with van der Waals surface area (Å²) < 4.78 is 17.4. The number of amides is 1. The number of para-hydroxylation sites is 1. The van der Waals surface area contributed by atoms with E-state index in [-0.39, 0.29) is 24.4 Å². The minimum Gasteiger partial charge on any atom is -0.493 e. The van der Waals surface area contributed by atoms with E-state index in [0.29, 0.717) is 33.8 Å². The molecule has 2 aromatic carbocycles. The number of aromatic nitrogens is 2. The average Bonchev–Trinajstić information content (AvgIpc) is 2.72. The van der Waals surface area contributed by atoms with Crippen LogP contribution in [0.2, 0.25) is 0 Å². The number of fused-ring (bicyclic) bond motifs is 1. The van der Waals surface area contributed by atoms with Crippen LogP contribution in [0.5, 0.6) is 17.2 Å². The van der Waals surface area contributed by atoms with Crippen LogP contribution in [0, 0.1) is 0 Å². The molecule has 0 saturated heterocycles. The lowest BCUT2D eigenvalue weighted by molar-refractivity contribution is -0.116. The van der Waals surface area contributed by atoms with Gasteiger partial charge in [-0.05, 0) is 18.2 Å². The van der Waals surface area contributed by atoms with E-state index < -0.39 is 0 Å². The van der Waals surface area contributed by atoms with Crippen LogP contribution in [-0.2, 0) is 11.3 Å². The van der Waals surface area contributed by atoms with Crippen LogP contribution in [0.15, 0.2) is 47.5 Å². The highest BCUT2D eigenvalue weighted by molar-refractivity contribution is 5.91. The van der Waals surface area contributed by atoms with Crippen LogP contribution < -0.4 is 25.1 Å². The Morgan fingerprint density at radius 1 is 1.07 bits per heavy atom. The zero-order chi connectivity index (χ0) is 20.1. The number of rotatable bonds is 7. The number of methoxy groups -OCH3 is 3. The van der Waals surface area contributed by atoms with Crippen LogP contribution in [0.1, 0.15) is 6.42 Å². The predicted octanol–water partition coefficient (Wildman–Crippen LogP) is 2.45. The first kappa shape index (κ1) is 19.2. The van der Waals surface area contributed by atoms with Crippen molar-refractivity contribution in [2.24, 2.45) is 0 Å². The Hall–Kier alpha value is -3.55. The maximum Gasteiger partial charge on any atom is 0.261 e. The number of anilines is 1. The van der Waals surface area contributed by atoms with Crippen molar-refractivity contribution < 1.29 is 19.0 Å². The van der Waals surface area contributed by atoms with Crippen LogP contribution in [0.25, 0.3) is 10.9 Å². The van der Waals surface area contributed by atoms with Gasteiger partial charge in [0.1, 0.15) is 5.52 Å². The Balaban J connectivity index is 1.88. The fraction of sp³-hybridized carbons (Fsp3) is 0.250. The Bertz CT molecular complexity index is 1050. The summed E-state index contributed by atoms with van der Waals surface area (Å²) in [6.45, 7) is 0.192. The lowest BCUT2D eigenvalue weighted by Gasteiger charge is -2.14. The molecule has 3 rings (SSSR count). The van der Waals surface area contributed by atoms with E-state index in [1.807, 2.05) is 18.2 Å². The number of nitrogens with one attached hydrogen (secondary N) is 1. The van der Waals surface area contributed by atoms with Crippen LogP contribution in [0.4, 0.5) is 5.69 Å². The number of aryl methyl sites for hydroxylation is 1. The first-order chi connectivity index (χ1) is 13.6. The molecule has 0 bridgehead atoms. The highest BCUT2D eigenvalue weighted by Crippen LogP contribution is 2.41. The zero-order valence-electron chi connectivity index (χ0n) is 15.9. The highest BCUT2D eigenvalue weighted by Gasteiger charge is 2.19. The van der Waals surface area contributed by atoms with Crippen LogP contribution in [-0.4, -0.2) is 36.8 Å². The summed E-state index contributed by atoms with van der Waals surface area (Å²) in [7, 11) is 4.43. The monoisotopic (exact) mass is 383 g/mol. The van der Waals surface area contributed by atoms with Crippen molar-refractivity contribution in [1.82, 2.24) is 9.55 Å². The minimum atomic E-state index is -0.295. The average molecular weight is 383 g/mol.